The molecule has 162 valence electrons. The van der Waals surface area contributed by atoms with Crippen LogP contribution in [0, 0.1) is 6.92 Å². The first kappa shape index (κ1) is 22.1. The zero-order chi connectivity index (χ0) is 22.8. The van der Waals surface area contributed by atoms with Crippen LogP contribution in [0.5, 0.6) is 5.75 Å². The Morgan fingerprint density at radius 3 is 2.47 bits per heavy atom. The number of halogens is 2. The summed E-state index contributed by atoms with van der Waals surface area (Å²) in [6, 6.07) is 19.9. The highest BCUT2D eigenvalue weighted by atomic mass is 79.9. The Morgan fingerprint density at radius 2 is 1.75 bits per heavy atom. The molecule has 1 aromatic heterocycles. The van der Waals surface area contributed by atoms with Crippen molar-refractivity contribution in [3.8, 4) is 11.4 Å². The quantitative estimate of drug-likeness (QED) is 0.219. The van der Waals surface area contributed by atoms with E-state index in [2.05, 4.69) is 15.9 Å². The van der Waals surface area contributed by atoms with Gasteiger partial charge in [0.05, 0.1) is 28.3 Å². The molecule has 0 bridgehead atoms. The summed E-state index contributed by atoms with van der Waals surface area (Å²) in [5.41, 5.74) is 3.13. The molecule has 0 aliphatic rings. The Bertz CT molecular complexity index is 1330. The van der Waals surface area contributed by atoms with E-state index in [-0.39, 0.29) is 17.2 Å². The molecule has 0 spiro atoms. The van der Waals surface area contributed by atoms with Crippen LogP contribution < -0.4 is 4.74 Å². The lowest BCUT2D eigenvalue weighted by atomic mass is 10.1. The molecule has 0 aliphatic carbocycles. The first-order valence-corrected chi connectivity index (χ1v) is 11.1. The lowest BCUT2D eigenvalue weighted by Gasteiger charge is -2.09. The molecule has 3 aromatic carbocycles. The lowest BCUT2D eigenvalue weighted by molar-refractivity contribution is 0.0527. The maximum atomic E-state index is 12.8. The number of carbonyl (C=O) groups excluding carboxylic acids is 2. The van der Waals surface area contributed by atoms with Crippen molar-refractivity contribution in [1.29, 1.82) is 0 Å². The highest BCUT2D eigenvalue weighted by Crippen LogP contribution is 2.33. The summed E-state index contributed by atoms with van der Waals surface area (Å²) in [5, 5.41) is 0.924. The number of carbonyl (C=O) groups is 2. The normalized spacial score (nSPS) is 10.9. The van der Waals surface area contributed by atoms with Crippen LogP contribution in [0.3, 0.4) is 0 Å². The van der Waals surface area contributed by atoms with Crippen LogP contribution in [0.1, 0.15) is 33.3 Å². The number of fused-ring (bicyclic) bond motifs is 1. The van der Waals surface area contributed by atoms with E-state index in [9.17, 15) is 9.59 Å². The third-order valence-electron chi connectivity index (χ3n) is 5.03. The van der Waals surface area contributed by atoms with Crippen LogP contribution >= 0.6 is 27.5 Å². The van der Waals surface area contributed by atoms with Crippen molar-refractivity contribution < 1.29 is 19.1 Å². The van der Waals surface area contributed by atoms with E-state index in [4.69, 9.17) is 21.1 Å². The highest BCUT2D eigenvalue weighted by Gasteiger charge is 2.23. The highest BCUT2D eigenvalue weighted by molar-refractivity contribution is 9.10. The van der Waals surface area contributed by atoms with Crippen LogP contribution in [0.15, 0.2) is 71.2 Å². The van der Waals surface area contributed by atoms with E-state index in [0.29, 0.717) is 21.2 Å². The van der Waals surface area contributed by atoms with Crippen molar-refractivity contribution in [2.45, 2.75) is 13.8 Å². The Labute approximate surface area is 198 Å². The molecule has 0 radical (unpaired) electrons. The minimum Gasteiger partial charge on any atom is -0.462 e. The second-order valence-corrected chi connectivity index (χ2v) is 8.37. The standard InChI is InChI=1S/C25H19BrClNO4/c1-3-31-25(30)23-15(2)28(17-7-5-4-6-8-17)22-12-10-18(14-20(22)23)32-24(29)19-13-16(26)9-11-21(19)27/h4-14H,3H2,1-2H3. The number of ether oxygens (including phenoxy) is 2. The summed E-state index contributed by atoms with van der Waals surface area (Å²) >= 11 is 9.49. The van der Waals surface area contributed by atoms with Gasteiger partial charge in [-0.05, 0) is 62.4 Å². The van der Waals surface area contributed by atoms with E-state index < -0.39 is 11.9 Å². The molecule has 7 heteroatoms. The summed E-state index contributed by atoms with van der Waals surface area (Å²) < 4.78 is 13.6. The summed E-state index contributed by atoms with van der Waals surface area (Å²) in [6.45, 7) is 3.89. The molecule has 0 aliphatic heterocycles. The monoisotopic (exact) mass is 511 g/mol. The summed E-state index contributed by atoms with van der Waals surface area (Å²) in [6.07, 6.45) is 0. The largest absolute Gasteiger partial charge is 0.462 e. The predicted molar refractivity (Wildman–Crippen MR) is 128 cm³/mol. The first-order valence-electron chi connectivity index (χ1n) is 9.95. The van der Waals surface area contributed by atoms with Gasteiger partial charge in [0.2, 0.25) is 0 Å². The van der Waals surface area contributed by atoms with Crippen molar-refractivity contribution in [2.75, 3.05) is 6.61 Å². The first-order chi connectivity index (χ1) is 15.4. The van der Waals surface area contributed by atoms with E-state index in [1.54, 1.807) is 37.3 Å². The molecule has 32 heavy (non-hydrogen) atoms. The molecule has 0 amide bonds. The third-order valence-corrected chi connectivity index (χ3v) is 5.85. The van der Waals surface area contributed by atoms with Gasteiger partial charge in [0.15, 0.2) is 0 Å². The summed E-state index contributed by atoms with van der Waals surface area (Å²) in [5.74, 6) is -0.718. The molecule has 1 heterocycles. The van der Waals surface area contributed by atoms with Gasteiger partial charge in [-0.1, -0.05) is 45.7 Å². The van der Waals surface area contributed by atoms with Crippen LogP contribution in [0.25, 0.3) is 16.6 Å². The molecule has 0 atom stereocenters. The Balaban J connectivity index is 1.82. The number of para-hydroxylation sites is 1. The van der Waals surface area contributed by atoms with Gasteiger partial charge in [-0.3, -0.25) is 0 Å². The van der Waals surface area contributed by atoms with Crippen molar-refractivity contribution in [2.24, 2.45) is 0 Å². The van der Waals surface area contributed by atoms with Gasteiger partial charge in [0, 0.05) is 21.2 Å². The van der Waals surface area contributed by atoms with Crippen LogP contribution in [0.4, 0.5) is 0 Å². The van der Waals surface area contributed by atoms with Gasteiger partial charge in [-0.15, -0.1) is 0 Å². The van der Waals surface area contributed by atoms with Gasteiger partial charge < -0.3 is 14.0 Å². The lowest BCUT2D eigenvalue weighted by Crippen LogP contribution is -2.09. The maximum absolute atomic E-state index is 12.8. The number of hydrogen-bond acceptors (Lipinski definition) is 4. The maximum Gasteiger partial charge on any atom is 0.345 e. The second kappa shape index (κ2) is 9.18. The minimum atomic E-state index is -0.590. The Kier molecular flexibility index (Phi) is 6.35. The van der Waals surface area contributed by atoms with E-state index >= 15 is 0 Å². The zero-order valence-electron chi connectivity index (χ0n) is 17.4. The number of nitrogens with zero attached hydrogens (tertiary/aromatic N) is 1. The van der Waals surface area contributed by atoms with E-state index in [1.165, 1.54) is 0 Å². The second-order valence-electron chi connectivity index (χ2n) is 7.04. The van der Waals surface area contributed by atoms with Crippen molar-refractivity contribution in [1.82, 2.24) is 4.57 Å². The van der Waals surface area contributed by atoms with E-state index in [0.717, 1.165) is 16.9 Å². The smallest absolute Gasteiger partial charge is 0.345 e. The number of benzene rings is 3. The fourth-order valence-corrected chi connectivity index (χ4v) is 4.20. The molecule has 5 nitrogen and oxygen atoms in total. The molecule has 0 N–H and O–H groups in total. The van der Waals surface area contributed by atoms with Crippen molar-refractivity contribution >= 4 is 50.4 Å². The minimum absolute atomic E-state index is 0.241. The number of rotatable bonds is 5. The Morgan fingerprint density at radius 1 is 1.00 bits per heavy atom. The molecule has 4 aromatic rings. The summed E-state index contributed by atoms with van der Waals surface area (Å²) in [4.78, 5) is 25.5. The fraction of sp³-hybridized carbons (Fsp3) is 0.120. The van der Waals surface area contributed by atoms with Crippen LogP contribution in [0.2, 0.25) is 5.02 Å². The van der Waals surface area contributed by atoms with Gasteiger partial charge in [0.1, 0.15) is 5.75 Å². The predicted octanol–water partition coefficient (Wildman–Crippen LogP) is 6.75. The molecule has 4 rings (SSSR count). The average Bonchev–Trinajstić information content (AvgIpc) is 3.07. The molecular formula is C25H19BrClNO4. The van der Waals surface area contributed by atoms with Gasteiger partial charge in [-0.25, -0.2) is 9.59 Å². The van der Waals surface area contributed by atoms with Gasteiger partial charge in [0.25, 0.3) is 0 Å². The summed E-state index contributed by atoms with van der Waals surface area (Å²) in [7, 11) is 0. The number of aromatic nitrogens is 1. The topological polar surface area (TPSA) is 57.5 Å². The zero-order valence-corrected chi connectivity index (χ0v) is 19.7. The molecular weight excluding hydrogens is 494 g/mol. The van der Waals surface area contributed by atoms with Crippen LogP contribution in [-0.4, -0.2) is 23.1 Å². The molecule has 0 saturated heterocycles. The van der Waals surface area contributed by atoms with Crippen molar-refractivity contribution in [3.05, 3.63) is 93.0 Å². The SMILES string of the molecule is CCOC(=O)c1c(C)n(-c2ccccc2)c2ccc(OC(=O)c3cc(Br)ccc3Cl)cc12. The fourth-order valence-electron chi connectivity index (χ4n) is 3.65. The van der Waals surface area contributed by atoms with Gasteiger partial charge in [-0.2, -0.15) is 0 Å². The Hall–Kier alpha value is -3.09. The third kappa shape index (κ3) is 4.16. The molecule has 0 saturated carbocycles. The number of hydrogen-bond donors (Lipinski definition) is 0. The van der Waals surface area contributed by atoms with Crippen molar-refractivity contribution in [3.63, 3.8) is 0 Å². The number of esters is 2. The average molecular weight is 513 g/mol. The molecule has 0 unspecified atom stereocenters. The molecule has 0 fully saturated rings. The van der Waals surface area contributed by atoms with Gasteiger partial charge >= 0.3 is 11.9 Å². The van der Waals surface area contributed by atoms with E-state index in [1.807, 2.05) is 47.9 Å². The van der Waals surface area contributed by atoms with Crippen LogP contribution in [-0.2, 0) is 4.74 Å².